The number of methoxy groups -OCH3 is 2. The summed E-state index contributed by atoms with van der Waals surface area (Å²) >= 11 is 0. The van der Waals surface area contributed by atoms with Crippen molar-refractivity contribution in [1.82, 2.24) is 14.8 Å². The summed E-state index contributed by atoms with van der Waals surface area (Å²) in [4.78, 5) is 25.3. The number of piperazine rings is 1. The van der Waals surface area contributed by atoms with E-state index in [-0.39, 0.29) is 18.3 Å². The first kappa shape index (κ1) is 27.5. The van der Waals surface area contributed by atoms with Crippen LogP contribution in [-0.2, 0) is 17.6 Å². The Bertz CT molecular complexity index is 1410. The quantitative estimate of drug-likeness (QED) is 0.373. The number of ether oxygens (including phenoxy) is 3. The maximum Gasteiger partial charge on any atom is 0.241 e. The monoisotopic (exact) mass is 553 g/mol. The summed E-state index contributed by atoms with van der Waals surface area (Å²) in [6.45, 7) is 5.67. The van der Waals surface area contributed by atoms with Crippen LogP contribution in [-0.4, -0.2) is 94.4 Å². The van der Waals surface area contributed by atoms with Crippen LogP contribution < -0.4 is 24.8 Å². The second kappa shape index (κ2) is 11.2. The zero-order valence-electron chi connectivity index (χ0n) is 22.8. The molecule has 0 spiro atoms. The van der Waals surface area contributed by atoms with Crippen molar-refractivity contribution in [3.63, 3.8) is 0 Å². The van der Waals surface area contributed by atoms with Crippen LogP contribution in [0.25, 0.3) is 22.2 Å². The fraction of sp³-hybridized carbons (Fsp3) is 0.448. The summed E-state index contributed by atoms with van der Waals surface area (Å²) in [5.74, 6) is 2.07. The molecule has 3 heterocycles. The van der Waals surface area contributed by atoms with E-state index in [2.05, 4.69) is 29.0 Å². The number of anilines is 1. The van der Waals surface area contributed by atoms with Crippen molar-refractivity contribution >= 4 is 34.9 Å². The molecule has 10 heteroatoms. The molecule has 2 aromatic carbocycles. The molecule has 0 atom stereocenters. The van der Waals surface area contributed by atoms with E-state index in [1.165, 1.54) is 16.7 Å². The molecule has 2 aliphatic heterocycles. The molecule has 2 N–H and O–H groups in total. The topological polar surface area (TPSA) is 93.4 Å². The lowest BCUT2D eigenvalue weighted by molar-refractivity contribution is -0.120. The van der Waals surface area contributed by atoms with Gasteiger partial charge >= 0.3 is 0 Å². The maximum atomic E-state index is 13.7. The number of likely N-dealkylation sites (N-methyl/N-ethyl adjacent to an activating group) is 1. The molecular formula is C29H36ClN5O4. The standard InChI is InChI=1S/C29H35N5O4.ClH/c1-32-9-11-33(12-10-32)17-25(35)34-8-6-21-22-15-18-14-19(38-13-7-30)4-5-20(18)27(22)31-23-16-24(36-2)29(37-3)28(34)26(21)23;/h4-5,14,16H,6-13,15,17,30H2,1-3H3;1H. The Kier molecular flexibility index (Phi) is 7.87. The van der Waals surface area contributed by atoms with Gasteiger partial charge in [0.15, 0.2) is 11.5 Å². The molecule has 0 unspecified atom stereocenters. The average Bonchev–Trinajstić information content (AvgIpc) is 3.30. The summed E-state index contributed by atoms with van der Waals surface area (Å²) < 4.78 is 17.4. The van der Waals surface area contributed by atoms with Crippen LogP contribution >= 0.6 is 12.4 Å². The first-order valence-corrected chi connectivity index (χ1v) is 13.3. The minimum absolute atomic E-state index is 0. The first-order chi connectivity index (χ1) is 18.5. The molecule has 1 aliphatic carbocycles. The summed E-state index contributed by atoms with van der Waals surface area (Å²) in [7, 11) is 5.38. The number of fused-ring (bicyclic) bond motifs is 4. The van der Waals surface area contributed by atoms with Crippen LogP contribution in [0.2, 0.25) is 0 Å². The fourth-order valence-electron chi connectivity index (χ4n) is 6.05. The minimum Gasteiger partial charge on any atom is -0.493 e. The average molecular weight is 554 g/mol. The van der Waals surface area contributed by atoms with Crippen molar-refractivity contribution < 1.29 is 19.0 Å². The van der Waals surface area contributed by atoms with Gasteiger partial charge in [-0.05, 0) is 48.4 Å². The zero-order chi connectivity index (χ0) is 26.4. The van der Waals surface area contributed by atoms with Crippen molar-refractivity contribution in [2.24, 2.45) is 5.73 Å². The Morgan fingerprint density at radius 2 is 1.85 bits per heavy atom. The Hall–Kier alpha value is -3.11. The zero-order valence-corrected chi connectivity index (χ0v) is 23.6. The van der Waals surface area contributed by atoms with Crippen LogP contribution in [0.15, 0.2) is 24.3 Å². The number of nitrogens with zero attached hydrogens (tertiary/aromatic N) is 4. The third-order valence-corrected chi connectivity index (χ3v) is 8.00. The number of halogens is 1. The SMILES string of the molecule is COc1cc2nc3c(c4c2c(c1OC)N(C(=O)CN1CCN(C)CC1)CC4)Cc1cc(OCCN)ccc1-3.Cl. The number of hydrogen-bond donors (Lipinski definition) is 1. The molecule has 1 aromatic heterocycles. The highest BCUT2D eigenvalue weighted by Crippen LogP contribution is 2.50. The van der Waals surface area contributed by atoms with Crippen LogP contribution in [0.1, 0.15) is 16.7 Å². The highest BCUT2D eigenvalue weighted by molar-refractivity contribution is 6.10. The molecule has 1 saturated heterocycles. The Morgan fingerprint density at radius 3 is 2.56 bits per heavy atom. The lowest BCUT2D eigenvalue weighted by atomic mass is 9.92. The minimum atomic E-state index is 0. The summed E-state index contributed by atoms with van der Waals surface area (Å²) in [6.07, 6.45) is 1.55. The molecular weight excluding hydrogens is 518 g/mol. The molecule has 3 aromatic rings. The molecule has 0 saturated carbocycles. The Balaban J connectivity index is 0.00000308. The number of carbonyl (C=O) groups is 1. The van der Waals surface area contributed by atoms with Gasteiger partial charge in [-0.25, -0.2) is 4.98 Å². The predicted molar refractivity (Wildman–Crippen MR) is 155 cm³/mol. The summed E-state index contributed by atoms with van der Waals surface area (Å²) in [6, 6.07) is 8.11. The third-order valence-electron chi connectivity index (χ3n) is 8.00. The second-order valence-corrected chi connectivity index (χ2v) is 10.3. The number of amides is 1. The van der Waals surface area contributed by atoms with E-state index in [0.717, 1.165) is 72.6 Å². The number of nitrogens with two attached hydrogens (primary N) is 1. The first-order valence-electron chi connectivity index (χ1n) is 13.3. The predicted octanol–water partition coefficient (Wildman–Crippen LogP) is 2.72. The molecule has 1 amide bonds. The lowest BCUT2D eigenvalue weighted by Crippen LogP contribution is -2.49. The van der Waals surface area contributed by atoms with Crippen LogP contribution in [0.3, 0.4) is 0 Å². The Morgan fingerprint density at radius 1 is 1.05 bits per heavy atom. The van der Waals surface area contributed by atoms with E-state index in [4.69, 9.17) is 24.9 Å². The molecule has 0 radical (unpaired) electrons. The van der Waals surface area contributed by atoms with Gasteiger partial charge in [-0.2, -0.15) is 0 Å². The van der Waals surface area contributed by atoms with Gasteiger partial charge in [0.25, 0.3) is 0 Å². The van der Waals surface area contributed by atoms with Crippen molar-refractivity contribution in [2.75, 3.05) is 78.6 Å². The van der Waals surface area contributed by atoms with Crippen LogP contribution in [0.5, 0.6) is 17.2 Å². The fourth-order valence-corrected chi connectivity index (χ4v) is 6.05. The van der Waals surface area contributed by atoms with Crippen molar-refractivity contribution in [3.8, 4) is 28.5 Å². The smallest absolute Gasteiger partial charge is 0.241 e. The summed E-state index contributed by atoms with van der Waals surface area (Å²) in [5, 5.41) is 0.992. The van der Waals surface area contributed by atoms with Gasteiger partial charge in [0, 0.05) is 62.7 Å². The number of rotatable bonds is 7. The molecule has 9 nitrogen and oxygen atoms in total. The van der Waals surface area contributed by atoms with E-state index in [0.29, 0.717) is 37.7 Å². The maximum absolute atomic E-state index is 13.7. The van der Waals surface area contributed by atoms with Gasteiger partial charge < -0.3 is 29.7 Å². The highest BCUT2D eigenvalue weighted by Gasteiger charge is 2.35. The molecule has 208 valence electrons. The number of benzene rings is 2. The second-order valence-electron chi connectivity index (χ2n) is 10.3. The normalized spacial score (nSPS) is 16.5. The molecule has 6 rings (SSSR count). The van der Waals surface area contributed by atoms with Gasteiger partial charge in [-0.3, -0.25) is 9.69 Å². The summed E-state index contributed by atoms with van der Waals surface area (Å²) in [5.41, 5.74) is 13.0. The van der Waals surface area contributed by atoms with E-state index < -0.39 is 0 Å². The largest absolute Gasteiger partial charge is 0.493 e. The van der Waals surface area contributed by atoms with Crippen LogP contribution in [0, 0.1) is 0 Å². The Labute approximate surface area is 235 Å². The number of carbonyl (C=O) groups excluding carboxylic acids is 1. The third kappa shape index (κ3) is 4.78. The molecule has 39 heavy (non-hydrogen) atoms. The number of hydrogen-bond acceptors (Lipinski definition) is 8. The van der Waals surface area contributed by atoms with Gasteiger partial charge in [0.1, 0.15) is 12.4 Å². The van der Waals surface area contributed by atoms with E-state index in [1.807, 2.05) is 17.0 Å². The molecule has 0 bridgehead atoms. The van der Waals surface area contributed by atoms with Crippen molar-refractivity contribution in [1.29, 1.82) is 0 Å². The van der Waals surface area contributed by atoms with Gasteiger partial charge in [0.2, 0.25) is 5.91 Å². The van der Waals surface area contributed by atoms with Gasteiger partial charge in [-0.1, -0.05) is 0 Å². The van der Waals surface area contributed by atoms with E-state index >= 15 is 0 Å². The molecule has 1 fully saturated rings. The highest BCUT2D eigenvalue weighted by atomic mass is 35.5. The van der Waals surface area contributed by atoms with Crippen LogP contribution in [0.4, 0.5) is 5.69 Å². The van der Waals surface area contributed by atoms with Gasteiger partial charge in [-0.15, -0.1) is 12.4 Å². The lowest BCUT2D eigenvalue weighted by Gasteiger charge is -2.36. The number of pyridine rings is 1. The van der Waals surface area contributed by atoms with Crippen molar-refractivity contribution in [3.05, 3.63) is 41.0 Å². The van der Waals surface area contributed by atoms with E-state index in [9.17, 15) is 4.79 Å². The van der Waals surface area contributed by atoms with Crippen molar-refractivity contribution in [2.45, 2.75) is 12.8 Å². The van der Waals surface area contributed by atoms with E-state index in [1.54, 1.807) is 14.2 Å². The molecule has 3 aliphatic rings. The van der Waals surface area contributed by atoms with Gasteiger partial charge in [0.05, 0.1) is 37.7 Å². The number of aromatic nitrogens is 1.